The molecule has 0 aliphatic carbocycles. The first-order valence-electron chi connectivity index (χ1n) is 10.9. The second kappa shape index (κ2) is 9.75. The van der Waals surface area contributed by atoms with Crippen LogP contribution in [0.25, 0.3) is 12.2 Å². The fraction of sp³-hybridized carbons (Fsp3) is 0.0323. The van der Waals surface area contributed by atoms with Crippen LogP contribution in [0.4, 0.5) is 0 Å². The lowest BCUT2D eigenvalue weighted by Crippen LogP contribution is -2.41. The SMILES string of the molecule is CSB1c2ccc(C#Cc3ccccc3)cc2C=Cc2cc(C#Cc3ccccc3)ccc21. The van der Waals surface area contributed by atoms with Crippen molar-refractivity contribution in [3.8, 4) is 23.7 Å². The first-order chi connectivity index (χ1) is 16.3. The van der Waals surface area contributed by atoms with Crippen LogP contribution in [0.1, 0.15) is 33.4 Å². The van der Waals surface area contributed by atoms with Gasteiger partial charge in [0.05, 0.1) is 0 Å². The van der Waals surface area contributed by atoms with Crippen molar-refractivity contribution in [1.29, 1.82) is 0 Å². The molecule has 0 bridgehead atoms. The van der Waals surface area contributed by atoms with Crippen LogP contribution in [0.15, 0.2) is 97.1 Å². The van der Waals surface area contributed by atoms with E-state index in [0.717, 1.165) is 22.3 Å². The van der Waals surface area contributed by atoms with Gasteiger partial charge in [0.25, 0.3) is 5.99 Å². The quantitative estimate of drug-likeness (QED) is 0.283. The van der Waals surface area contributed by atoms with E-state index in [1.165, 1.54) is 22.1 Å². The molecule has 1 aliphatic heterocycles. The summed E-state index contributed by atoms with van der Waals surface area (Å²) in [6, 6.07) is 33.4. The van der Waals surface area contributed by atoms with Gasteiger partial charge < -0.3 is 0 Å². The van der Waals surface area contributed by atoms with Gasteiger partial charge in [0.1, 0.15) is 0 Å². The normalized spacial score (nSPS) is 11.2. The lowest BCUT2D eigenvalue weighted by Gasteiger charge is -2.15. The Kier molecular flexibility index (Phi) is 6.21. The number of rotatable bonds is 1. The van der Waals surface area contributed by atoms with Crippen molar-refractivity contribution < 1.29 is 0 Å². The minimum Gasteiger partial charge on any atom is -0.200 e. The highest BCUT2D eigenvalue weighted by Gasteiger charge is 2.25. The molecule has 0 saturated heterocycles. The molecule has 0 saturated carbocycles. The average molecular weight is 436 g/mol. The van der Waals surface area contributed by atoms with Crippen LogP contribution in [0.3, 0.4) is 0 Å². The third-order valence-electron chi connectivity index (χ3n) is 5.67. The van der Waals surface area contributed by atoms with Gasteiger partial charge in [0, 0.05) is 22.3 Å². The van der Waals surface area contributed by atoms with Crippen LogP contribution in [-0.2, 0) is 0 Å². The summed E-state index contributed by atoms with van der Waals surface area (Å²) in [5, 5.41) is 0. The monoisotopic (exact) mass is 436 g/mol. The summed E-state index contributed by atoms with van der Waals surface area (Å²) >= 11 is 1.86. The van der Waals surface area contributed by atoms with E-state index in [1.54, 1.807) is 0 Å². The maximum Gasteiger partial charge on any atom is 0.275 e. The van der Waals surface area contributed by atoms with E-state index in [9.17, 15) is 0 Å². The summed E-state index contributed by atoms with van der Waals surface area (Å²) in [6.45, 7) is 0. The predicted octanol–water partition coefficient (Wildman–Crippen LogP) is 5.44. The molecule has 0 radical (unpaired) electrons. The smallest absolute Gasteiger partial charge is 0.200 e. The highest BCUT2D eigenvalue weighted by molar-refractivity contribution is 8.27. The molecule has 0 N–H and O–H groups in total. The van der Waals surface area contributed by atoms with Crippen molar-refractivity contribution in [2.75, 3.05) is 6.26 Å². The molecule has 0 nitrogen and oxygen atoms in total. The second-order valence-electron chi connectivity index (χ2n) is 7.87. The van der Waals surface area contributed by atoms with E-state index < -0.39 is 0 Å². The standard InChI is InChI=1S/C31H21BS/c1-33-32-30-20-16-26(14-12-24-8-4-2-5-9-24)22-28(30)18-19-29-23-27(17-21-31(29)32)15-13-25-10-6-3-7-11-25/h2-11,16-23H,1H3. The van der Waals surface area contributed by atoms with Crippen molar-refractivity contribution >= 4 is 40.7 Å². The Morgan fingerprint density at radius 2 is 0.939 bits per heavy atom. The van der Waals surface area contributed by atoms with Crippen molar-refractivity contribution in [2.45, 2.75) is 0 Å². The Morgan fingerprint density at radius 1 is 0.515 bits per heavy atom. The van der Waals surface area contributed by atoms with Crippen LogP contribution in [-0.4, -0.2) is 12.2 Å². The predicted molar refractivity (Wildman–Crippen MR) is 145 cm³/mol. The van der Waals surface area contributed by atoms with Crippen LogP contribution in [0.5, 0.6) is 0 Å². The van der Waals surface area contributed by atoms with Gasteiger partial charge in [0.15, 0.2) is 0 Å². The van der Waals surface area contributed by atoms with Crippen LogP contribution >= 0.6 is 11.6 Å². The third kappa shape index (κ3) is 4.83. The first kappa shape index (κ1) is 21.0. The Bertz CT molecular complexity index is 1330. The molecule has 2 heteroatoms. The molecule has 0 fully saturated rings. The Labute approximate surface area is 200 Å². The van der Waals surface area contributed by atoms with Crippen LogP contribution in [0.2, 0.25) is 0 Å². The second-order valence-corrected chi connectivity index (χ2v) is 8.81. The summed E-state index contributed by atoms with van der Waals surface area (Å²) in [4.78, 5) is 0. The van der Waals surface area contributed by atoms with Crippen molar-refractivity contribution in [2.24, 2.45) is 0 Å². The van der Waals surface area contributed by atoms with E-state index in [0.29, 0.717) is 0 Å². The Morgan fingerprint density at radius 3 is 1.36 bits per heavy atom. The number of hydrogen-bond donors (Lipinski definition) is 0. The first-order valence-corrected chi connectivity index (χ1v) is 12.2. The summed E-state index contributed by atoms with van der Waals surface area (Å²) in [5.74, 6) is 13.4. The van der Waals surface area contributed by atoms with Crippen LogP contribution < -0.4 is 10.9 Å². The number of benzene rings is 4. The maximum absolute atomic E-state index is 3.32. The Hall–Kier alpha value is -3.85. The van der Waals surface area contributed by atoms with Gasteiger partial charge in [-0.2, -0.15) is 0 Å². The van der Waals surface area contributed by atoms with E-state index in [-0.39, 0.29) is 5.99 Å². The summed E-state index contributed by atoms with van der Waals surface area (Å²) in [6.07, 6.45) is 6.61. The Balaban J connectivity index is 1.49. The fourth-order valence-electron chi connectivity index (χ4n) is 4.00. The van der Waals surface area contributed by atoms with Gasteiger partial charge in [0.2, 0.25) is 0 Å². The highest BCUT2D eigenvalue weighted by atomic mass is 32.2. The summed E-state index contributed by atoms with van der Waals surface area (Å²) < 4.78 is 0. The molecular weight excluding hydrogens is 415 g/mol. The molecule has 1 aliphatic rings. The number of fused-ring (bicyclic) bond motifs is 2. The zero-order valence-electron chi connectivity index (χ0n) is 18.4. The lowest BCUT2D eigenvalue weighted by molar-refractivity contribution is 1.62. The molecule has 154 valence electrons. The van der Waals surface area contributed by atoms with Crippen LogP contribution in [0, 0.1) is 23.7 Å². The molecular formula is C31H21BS. The molecule has 33 heavy (non-hydrogen) atoms. The topological polar surface area (TPSA) is 0 Å². The number of hydrogen-bond acceptors (Lipinski definition) is 1. The third-order valence-corrected chi connectivity index (χ3v) is 6.65. The molecule has 0 amide bonds. The van der Waals surface area contributed by atoms with Crippen molar-refractivity contribution in [1.82, 2.24) is 0 Å². The van der Waals surface area contributed by atoms with Gasteiger partial charge in [-0.05, 0) is 65.9 Å². The van der Waals surface area contributed by atoms with Crippen molar-refractivity contribution in [3.63, 3.8) is 0 Å². The summed E-state index contributed by atoms with van der Waals surface area (Å²) in [5.41, 5.74) is 9.22. The van der Waals surface area contributed by atoms with E-state index in [2.05, 4.69) is 78.5 Å². The zero-order chi connectivity index (χ0) is 22.5. The molecule has 0 aromatic heterocycles. The molecule has 0 unspecified atom stereocenters. The van der Waals surface area contributed by atoms with E-state index in [1.807, 2.05) is 72.3 Å². The highest BCUT2D eigenvalue weighted by Crippen LogP contribution is 2.19. The fourth-order valence-corrected chi connectivity index (χ4v) is 4.94. The van der Waals surface area contributed by atoms with Crippen molar-refractivity contribution in [3.05, 3.63) is 130 Å². The van der Waals surface area contributed by atoms with Gasteiger partial charge in [-0.3, -0.25) is 0 Å². The molecule has 0 atom stereocenters. The van der Waals surface area contributed by atoms with Gasteiger partial charge >= 0.3 is 0 Å². The minimum absolute atomic E-state index is 0.275. The minimum atomic E-state index is 0.275. The zero-order valence-corrected chi connectivity index (χ0v) is 19.2. The van der Waals surface area contributed by atoms with Gasteiger partial charge in [-0.25, -0.2) is 11.6 Å². The van der Waals surface area contributed by atoms with Gasteiger partial charge in [-0.15, -0.1) is 0 Å². The molecule has 4 aromatic carbocycles. The van der Waals surface area contributed by atoms with Gasteiger partial charge in [-0.1, -0.05) is 95.3 Å². The maximum atomic E-state index is 3.32. The molecule has 1 heterocycles. The molecule has 0 spiro atoms. The largest absolute Gasteiger partial charge is 0.275 e. The molecule has 4 aromatic rings. The lowest BCUT2D eigenvalue weighted by atomic mass is 9.59. The molecule has 5 rings (SSSR count). The van der Waals surface area contributed by atoms with E-state index in [4.69, 9.17) is 0 Å². The average Bonchev–Trinajstić information content (AvgIpc) is 3.03. The van der Waals surface area contributed by atoms with E-state index >= 15 is 0 Å². The summed E-state index contributed by atoms with van der Waals surface area (Å²) in [7, 11) is 0.